The summed E-state index contributed by atoms with van der Waals surface area (Å²) in [4.78, 5) is 22.9. The first-order valence-electron chi connectivity index (χ1n) is 14.2. The molecule has 0 radical (unpaired) electrons. The molecule has 0 aliphatic carbocycles. The van der Waals surface area contributed by atoms with Gasteiger partial charge < -0.3 is 18.9 Å². The van der Waals surface area contributed by atoms with Gasteiger partial charge in [-0.1, -0.05) is 19.1 Å². The highest BCUT2D eigenvalue weighted by Gasteiger charge is 2.37. The van der Waals surface area contributed by atoms with E-state index in [9.17, 15) is 9.35 Å². The fraction of sp³-hybridized carbons (Fsp3) is 0.533. The van der Waals surface area contributed by atoms with Crippen molar-refractivity contribution in [1.29, 1.82) is 0 Å². The summed E-state index contributed by atoms with van der Waals surface area (Å²) in [6.07, 6.45) is 2.69. The highest BCUT2D eigenvalue weighted by atomic mass is 32.2. The van der Waals surface area contributed by atoms with Crippen LogP contribution < -0.4 is 14.5 Å². The first-order chi connectivity index (χ1) is 18.9. The molecule has 2 aliphatic heterocycles. The summed E-state index contributed by atoms with van der Waals surface area (Å²) in [6.45, 7) is 14.7. The van der Waals surface area contributed by atoms with Gasteiger partial charge >= 0.3 is 0 Å². The molecule has 1 N–H and O–H groups in total. The third-order valence-corrected chi connectivity index (χ3v) is 9.63. The Labute approximate surface area is 240 Å². The Morgan fingerprint density at radius 3 is 2.65 bits per heavy atom. The van der Waals surface area contributed by atoms with Gasteiger partial charge in [0.25, 0.3) is 5.91 Å². The SMILES string of the molecule is CCC(N[S+]([O-])C(C)(C)C)c1nc(N(C)C(C)C)cc2c1CN(c1cccc(-c3nnc4n3[C@@H](C)CC4)c1)C2=O. The lowest BCUT2D eigenvalue weighted by molar-refractivity contribution is 0.0996. The second-order valence-electron chi connectivity index (χ2n) is 12.2. The smallest absolute Gasteiger partial charge is 0.259 e. The molecule has 214 valence electrons. The zero-order chi connectivity index (χ0) is 28.9. The third-order valence-electron chi connectivity index (χ3n) is 8.02. The molecule has 3 atom stereocenters. The molecule has 3 aromatic rings. The lowest BCUT2D eigenvalue weighted by Crippen LogP contribution is -2.41. The summed E-state index contributed by atoms with van der Waals surface area (Å²) in [7, 11) is 1.99. The molecule has 1 amide bonds. The van der Waals surface area contributed by atoms with E-state index in [0.717, 1.165) is 52.8 Å². The quantitative estimate of drug-likeness (QED) is 0.368. The van der Waals surface area contributed by atoms with Crippen molar-refractivity contribution < 1.29 is 9.35 Å². The molecule has 0 saturated heterocycles. The highest BCUT2D eigenvalue weighted by molar-refractivity contribution is 7.90. The normalized spacial score (nSPS) is 18.3. The Bertz CT molecular complexity index is 1410. The monoisotopic (exact) mass is 563 g/mol. The molecule has 9 nitrogen and oxygen atoms in total. The molecule has 2 aromatic heterocycles. The van der Waals surface area contributed by atoms with Gasteiger partial charge in [0.2, 0.25) is 0 Å². The molecule has 10 heteroatoms. The molecule has 0 fully saturated rings. The number of aryl methyl sites for hydroxylation is 1. The van der Waals surface area contributed by atoms with Crippen LogP contribution in [0, 0.1) is 0 Å². The summed E-state index contributed by atoms with van der Waals surface area (Å²) in [5, 5.41) is 8.89. The zero-order valence-corrected chi connectivity index (χ0v) is 25.7. The average Bonchev–Trinajstić information content (AvgIpc) is 3.60. The molecule has 2 aliphatic rings. The third kappa shape index (κ3) is 5.12. The average molecular weight is 564 g/mol. The molecular weight excluding hydrogens is 522 g/mol. The lowest BCUT2D eigenvalue weighted by Gasteiger charge is -2.29. The second kappa shape index (κ2) is 10.8. The Kier molecular flexibility index (Phi) is 7.71. The minimum absolute atomic E-state index is 0.0548. The van der Waals surface area contributed by atoms with Crippen LogP contribution in [0.25, 0.3) is 11.4 Å². The molecular formula is C30H41N7O2S. The van der Waals surface area contributed by atoms with Crippen molar-refractivity contribution in [2.45, 2.75) is 97.1 Å². The fourth-order valence-electron chi connectivity index (χ4n) is 5.32. The summed E-state index contributed by atoms with van der Waals surface area (Å²) in [5.74, 6) is 2.54. The maximum atomic E-state index is 14.0. The van der Waals surface area contributed by atoms with Crippen molar-refractivity contribution in [2.24, 2.45) is 0 Å². The summed E-state index contributed by atoms with van der Waals surface area (Å²) in [6, 6.07) is 10.2. The number of benzene rings is 1. The highest BCUT2D eigenvalue weighted by Crippen LogP contribution is 2.38. The lowest BCUT2D eigenvalue weighted by atomic mass is 10.0. The van der Waals surface area contributed by atoms with E-state index in [4.69, 9.17) is 4.98 Å². The summed E-state index contributed by atoms with van der Waals surface area (Å²) in [5.41, 5.74) is 4.08. The Hall–Kier alpha value is -2.95. The Balaban J connectivity index is 1.54. The molecule has 0 saturated carbocycles. The first kappa shape index (κ1) is 28.6. The van der Waals surface area contributed by atoms with Crippen LogP contribution in [0.3, 0.4) is 0 Å². The number of fused-ring (bicyclic) bond motifs is 2. The van der Waals surface area contributed by atoms with Gasteiger partial charge in [-0.05, 0) is 72.6 Å². The second-order valence-corrected chi connectivity index (χ2v) is 14.2. The van der Waals surface area contributed by atoms with Gasteiger partial charge in [-0.2, -0.15) is 0 Å². The van der Waals surface area contributed by atoms with Crippen LogP contribution in [0.4, 0.5) is 11.5 Å². The van der Waals surface area contributed by atoms with E-state index in [-0.39, 0.29) is 18.0 Å². The fourth-order valence-corrected chi connectivity index (χ4v) is 6.21. The van der Waals surface area contributed by atoms with Crippen LogP contribution in [0.15, 0.2) is 30.3 Å². The van der Waals surface area contributed by atoms with Crippen LogP contribution in [0.5, 0.6) is 0 Å². The molecule has 4 heterocycles. The maximum absolute atomic E-state index is 14.0. The van der Waals surface area contributed by atoms with E-state index in [1.54, 1.807) is 0 Å². The van der Waals surface area contributed by atoms with E-state index >= 15 is 0 Å². The predicted octanol–water partition coefficient (Wildman–Crippen LogP) is 5.36. The van der Waals surface area contributed by atoms with Gasteiger partial charge in [0.05, 0.1) is 23.8 Å². The van der Waals surface area contributed by atoms with E-state index in [1.807, 2.05) is 63.1 Å². The van der Waals surface area contributed by atoms with Crippen molar-refractivity contribution in [3.8, 4) is 11.4 Å². The number of nitrogens with zero attached hydrogens (tertiary/aromatic N) is 6. The molecule has 0 spiro atoms. The summed E-state index contributed by atoms with van der Waals surface area (Å²) < 4.78 is 18.2. The van der Waals surface area contributed by atoms with Gasteiger partial charge in [0, 0.05) is 53.7 Å². The number of carbonyl (C=O) groups excluding carboxylic acids is 1. The molecule has 5 rings (SSSR count). The van der Waals surface area contributed by atoms with Crippen LogP contribution in [0.1, 0.15) is 101 Å². The number of carbonyl (C=O) groups is 1. The van der Waals surface area contributed by atoms with Crippen molar-refractivity contribution >= 4 is 28.8 Å². The molecule has 40 heavy (non-hydrogen) atoms. The van der Waals surface area contributed by atoms with Crippen LogP contribution in [-0.2, 0) is 24.3 Å². The van der Waals surface area contributed by atoms with Crippen molar-refractivity contribution in [3.05, 3.63) is 53.0 Å². The van der Waals surface area contributed by atoms with Gasteiger partial charge in [-0.15, -0.1) is 14.9 Å². The number of nitrogens with one attached hydrogen (secondary N) is 1. The van der Waals surface area contributed by atoms with E-state index in [1.165, 1.54) is 0 Å². The number of hydrogen-bond donors (Lipinski definition) is 1. The molecule has 0 bridgehead atoms. The minimum atomic E-state index is -1.28. The number of amides is 1. The topological polar surface area (TPSA) is 102 Å². The number of hydrogen-bond acceptors (Lipinski definition) is 7. The van der Waals surface area contributed by atoms with Gasteiger partial charge in [-0.25, -0.2) is 4.98 Å². The van der Waals surface area contributed by atoms with Gasteiger partial charge in [-0.3, -0.25) is 4.79 Å². The van der Waals surface area contributed by atoms with Crippen LogP contribution >= 0.6 is 0 Å². The Morgan fingerprint density at radius 1 is 1.23 bits per heavy atom. The number of aromatic nitrogens is 4. The van der Waals surface area contributed by atoms with Gasteiger partial charge in [0.15, 0.2) is 5.82 Å². The van der Waals surface area contributed by atoms with Crippen LogP contribution in [0.2, 0.25) is 0 Å². The standard InChI is InChI=1S/C30H41N7O2S/c1-9-24(34-40(39)30(5,6)7)27-23-17-36(29(38)22(23)16-26(31-27)35(8)18(2)3)21-12-10-11-20(15-21)28-33-32-25-14-13-19(4)37(25)28/h10-12,15-16,18-19,24,34H,9,13-14,17H2,1-8H3/t19-,24?,40?/m0/s1. The van der Waals surface area contributed by atoms with Gasteiger partial charge in [0.1, 0.15) is 16.4 Å². The molecule has 1 aromatic carbocycles. The number of anilines is 2. The van der Waals surface area contributed by atoms with Crippen molar-refractivity contribution in [2.75, 3.05) is 16.8 Å². The predicted molar refractivity (Wildman–Crippen MR) is 161 cm³/mol. The van der Waals surface area contributed by atoms with Crippen molar-refractivity contribution in [1.82, 2.24) is 24.5 Å². The van der Waals surface area contributed by atoms with Crippen LogP contribution in [-0.4, -0.2) is 48.0 Å². The zero-order valence-electron chi connectivity index (χ0n) is 24.9. The molecule has 2 unspecified atom stereocenters. The Morgan fingerprint density at radius 2 is 1.98 bits per heavy atom. The van der Waals surface area contributed by atoms with E-state index in [0.29, 0.717) is 24.6 Å². The minimum Gasteiger partial charge on any atom is -0.598 e. The van der Waals surface area contributed by atoms with Crippen molar-refractivity contribution in [3.63, 3.8) is 0 Å². The largest absolute Gasteiger partial charge is 0.598 e. The number of rotatable bonds is 8. The number of pyridine rings is 1. The van der Waals surface area contributed by atoms with E-state index in [2.05, 4.69) is 52.1 Å². The first-order valence-corrected chi connectivity index (χ1v) is 15.4. The summed E-state index contributed by atoms with van der Waals surface area (Å²) >= 11 is -1.28. The maximum Gasteiger partial charge on any atom is 0.259 e. The van der Waals surface area contributed by atoms with E-state index < -0.39 is 16.1 Å².